The molecule has 2 nitrogen and oxygen atoms in total. The number of hydrogen-bond acceptors (Lipinski definition) is 2. The van der Waals surface area contributed by atoms with E-state index in [1.165, 1.54) is 93.2 Å². The number of fused-ring (bicyclic) bond motifs is 10. The summed E-state index contributed by atoms with van der Waals surface area (Å²) in [7, 11) is 0. The van der Waals surface area contributed by atoms with E-state index in [1.54, 1.807) is 0 Å². The Morgan fingerprint density at radius 2 is 0.597 bits per heavy atom. The van der Waals surface area contributed by atoms with Crippen molar-refractivity contribution in [3.8, 4) is 55.6 Å². The van der Waals surface area contributed by atoms with Gasteiger partial charge in [0.05, 0.1) is 0 Å². The van der Waals surface area contributed by atoms with E-state index in [0.29, 0.717) is 0 Å². The molecule has 14 rings (SSSR count). The van der Waals surface area contributed by atoms with E-state index in [9.17, 15) is 0 Å². The van der Waals surface area contributed by atoms with Crippen LogP contribution in [-0.2, 0) is 0 Å². The maximum Gasteiger partial charge on any atom is 0.135 e. The highest BCUT2D eigenvalue weighted by molar-refractivity contribution is 6.26. The van der Waals surface area contributed by atoms with Gasteiger partial charge in [-0.2, -0.15) is 0 Å². The Bertz CT molecular complexity index is 4320. The van der Waals surface area contributed by atoms with Gasteiger partial charge in [0, 0.05) is 27.8 Å². The number of anilines is 3. The fourth-order valence-corrected chi connectivity index (χ4v) is 11.1. The van der Waals surface area contributed by atoms with Gasteiger partial charge in [-0.05, 0) is 165 Å². The van der Waals surface area contributed by atoms with Crippen LogP contribution in [0.15, 0.2) is 277 Å². The fourth-order valence-electron chi connectivity index (χ4n) is 11.1. The predicted octanol–water partition coefficient (Wildman–Crippen LogP) is 20.0. The summed E-state index contributed by atoms with van der Waals surface area (Å²) in [6.07, 6.45) is 0. The molecular formula is C70H45NO. The van der Waals surface area contributed by atoms with Crippen molar-refractivity contribution < 1.29 is 4.42 Å². The zero-order valence-electron chi connectivity index (χ0n) is 39.3. The Balaban J connectivity index is 0.779. The van der Waals surface area contributed by atoms with Gasteiger partial charge in [-0.3, -0.25) is 0 Å². The van der Waals surface area contributed by atoms with Gasteiger partial charge >= 0.3 is 0 Å². The van der Waals surface area contributed by atoms with E-state index in [1.807, 2.05) is 0 Å². The van der Waals surface area contributed by atoms with Gasteiger partial charge < -0.3 is 9.32 Å². The minimum absolute atomic E-state index is 0.894. The fraction of sp³-hybridized carbons (Fsp3) is 0. The molecule has 0 radical (unpaired) electrons. The normalized spacial score (nSPS) is 11.6. The van der Waals surface area contributed by atoms with E-state index >= 15 is 0 Å². The highest BCUT2D eigenvalue weighted by Crippen LogP contribution is 2.43. The molecule has 0 N–H and O–H groups in total. The van der Waals surface area contributed by atoms with Crippen LogP contribution in [0, 0.1) is 0 Å². The molecule has 0 bridgehead atoms. The summed E-state index contributed by atoms with van der Waals surface area (Å²) in [4.78, 5) is 2.38. The Morgan fingerprint density at radius 1 is 0.208 bits per heavy atom. The number of furan rings is 1. The van der Waals surface area contributed by atoms with Crippen LogP contribution in [0.5, 0.6) is 0 Å². The first-order chi connectivity index (χ1) is 35.7. The van der Waals surface area contributed by atoms with Crippen molar-refractivity contribution in [2.45, 2.75) is 0 Å². The van der Waals surface area contributed by atoms with Crippen LogP contribution in [0.25, 0.3) is 121 Å². The maximum atomic E-state index is 6.38. The highest BCUT2D eigenvalue weighted by atomic mass is 16.3. The Hall–Kier alpha value is -9.50. The van der Waals surface area contributed by atoms with Gasteiger partial charge in [0.2, 0.25) is 0 Å². The highest BCUT2D eigenvalue weighted by Gasteiger charge is 2.17. The van der Waals surface area contributed by atoms with Crippen molar-refractivity contribution >= 4 is 82.1 Å². The zero-order chi connectivity index (χ0) is 47.5. The average molecular weight is 916 g/mol. The largest absolute Gasteiger partial charge is 0.456 e. The number of nitrogens with zero attached hydrogens (tertiary/aromatic N) is 1. The Labute approximate surface area is 417 Å². The molecule has 0 aliphatic heterocycles. The molecule has 0 amide bonds. The van der Waals surface area contributed by atoms with Crippen LogP contribution in [0.1, 0.15) is 0 Å². The van der Waals surface area contributed by atoms with Crippen molar-refractivity contribution in [3.05, 3.63) is 273 Å². The van der Waals surface area contributed by atoms with E-state index in [0.717, 1.165) is 44.6 Å². The quantitative estimate of drug-likeness (QED) is 0.141. The first kappa shape index (κ1) is 41.5. The Morgan fingerprint density at radius 3 is 1.22 bits per heavy atom. The van der Waals surface area contributed by atoms with Crippen molar-refractivity contribution in [3.63, 3.8) is 0 Å². The van der Waals surface area contributed by atoms with Gasteiger partial charge in [0.25, 0.3) is 0 Å². The molecular weight excluding hydrogens is 871 g/mol. The lowest BCUT2D eigenvalue weighted by Gasteiger charge is -2.26. The van der Waals surface area contributed by atoms with Crippen molar-refractivity contribution in [2.24, 2.45) is 0 Å². The van der Waals surface area contributed by atoms with Crippen LogP contribution < -0.4 is 4.90 Å². The van der Waals surface area contributed by atoms with E-state index < -0.39 is 0 Å². The molecule has 0 saturated heterocycles. The van der Waals surface area contributed by atoms with Crippen LogP contribution in [-0.4, -0.2) is 0 Å². The van der Waals surface area contributed by atoms with Gasteiger partial charge in [-0.25, -0.2) is 0 Å². The second kappa shape index (κ2) is 17.2. The monoisotopic (exact) mass is 915 g/mol. The molecule has 0 fully saturated rings. The van der Waals surface area contributed by atoms with E-state index in [4.69, 9.17) is 4.42 Å². The topological polar surface area (TPSA) is 16.4 Å². The third kappa shape index (κ3) is 7.20. The molecule has 0 spiro atoms. The Kier molecular flexibility index (Phi) is 9.89. The summed E-state index contributed by atoms with van der Waals surface area (Å²) in [6, 6.07) is 99.2. The van der Waals surface area contributed by atoms with E-state index in [2.05, 4.69) is 278 Å². The summed E-state index contributed by atoms with van der Waals surface area (Å²) in [5, 5.41) is 12.3. The molecule has 0 aliphatic rings. The lowest BCUT2D eigenvalue weighted by molar-refractivity contribution is 0.669. The summed E-state index contributed by atoms with van der Waals surface area (Å²) < 4.78 is 6.38. The zero-order valence-corrected chi connectivity index (χ0v) is 39.3. The molecule has 0 saturated carbocycles. The van der Waals surface area contributed by atoms with Crippen molar-refractivity contribution in [2.75, 3.05) is 4.90 Å². The lowest BCUT2D eigenvalue weighted by Crippen LogP contribution is -2.10. The summed E-state index contributed by atoms with van der Waals surface area (Å²) in [6.45, 7) is 0. The van der Waals surface area contributed by atoms with Crippen molar-refractivity contribution in [1.29, 1.82) is 0 Å². The van der Waals surface area contributed by atoms with Gasteiger partial charge in [-0.1, -0.05) is 206 Å². The number of rotatable bonds is 8. The molecule has 13 aromatic carbocycles. The molecule has 336 valence electrons. The smallest absolute Gasteiger partial charge is 0.135 e. The molecule has 0 aliphatic carbocycles. The molecule has 0 unspecified atom stereocenters. The first-order valence-corrected chi connectivity index (χ1v) is 24.7. The van der Waals surface area contributed by atoms with Crippen LogP contribution in [0.4, 0.5) is 17.1 Å². The van der Waals surface area contributed by atoms with Crippen LogP contribution in [0.2, 0.25) is 0 Å². The molecule has 1 aromatic heterocycles. The second-order valence-electron chi connectivity index (χ2n) is 18.8. The van der Waals surface area contributed by atoms with Gasteiger partial charge in [0.1, 0.15) is 11.2 Å². The second-order valence-corrected chi connectivity index (χ2v) is 18.8. The minimum Gasteiger partial charge on any atom is -0.456 e. The van der Waals surface area contributed by atoms with Gasteiger partial charge in [0.15, 0.2) is 0 Å². The molecule has 14 aromatic rings. The number of benzene rings is 13. The third-order valence-corrected chi connectivity index (χ3v) is 14.7. The summed E-state index contributed by atoms with van der Waals surface area (Å²) in [5.41, 5.74) is 16.9. The third-order valence-electron chi connectivity index (χ3n) is 14.7. The average Bonchev–Trinajstić information content (AvgIpc) is 3.83. The standard InChI is InChI=1S/C70H45NO/c1-2-12-46(13-3-1)48-28-34-56(35-29-48)71(58-38-39-65-63-21-7-6-19-61(63)62-20-8-9-22-64(62)66(65)45-58)57-36-30-49(31-37-57)47-24-26-50(27-25-47)52-16-10-17-53(42-52)54-32-40-69-67(43-54)68-44-55(33-41-70(68)72-69)60-23-11-15-51-14-4-5-18-59(51)60/h1-45H. The maximum absolute atomic E-state index is 6.38. The molecule has 2 heteroatoms. The van der Waals surface area contributed by atoms with Crippen molar-refractivity contribution in [1.82, 2.24) is 0 Å². The summed E-state index contributed by atoms with van der Waals surface area (Å²) >= 11 is 0. The molecule has 1 heterocycles. The number of hydrogen-bond donors (Lipinski definition) is 0. The molecule has 72 heavy (non-hydrogen) atoms. The van der Waals surface area contributed by atoms with E-state index in [-0.39, 0.29) is 0 Å². The SMILES string of the molecule is c1ccc(-c2ccc(N(c3ccc(-c4ccc(-c5cccc(-c6ccc7oc8ccc(-c9cccc%10ccccc9%10)cc8c7c6)c5)cc4)cc3)c3ccc4c5ccccc5c5ccccc5c4c3)cc2)cc1. The van der Waals surface area contributed by atoms with Gasteiger partial charge in [-0.15, -0.1) is 0 Å². The predicted molar refractivity (Wildman–Crippen MR) is 306 cm³/mol. The minimum atomic E-state index is 0.894. The van der Waals surface area contributed by atoms with Crippen LogP contribution >= 0.6 is 0 Å². The first-order valence-electron chi connectivity index (χ1n) is 24.7. The summed E-state index contributed by atoms with van der Waals surface area (Å²) in [5.74, 6) is 0. The molecule has 0 atom stereocenters. The lowest BCUT2D eigenvalue weighted by atomic mass is 9.94. The van der Waals surface area contributed by atoms with Crippen LogP contribution in [0.3, 0.4) is 0 Å².